The number of rotatable bonds is 3. The van der Waals surface area contributed by atoms with Gasteiger partial charge in [0.2, 0.25) is 0 Å². The molecule has 0 aliphatic carbocycles. The molecule has 0 aliphatic rings. The largest absolute Gasteiger partial charge is 0.399 e. The Kier molecular flexibility index (Phi) is 3.84. The van der Waals surface area contributed by atoms with Crippen LogP contribution in [0.2, 0.25) is 5.02 Å². The third-order valence-corrected chi connectivity index (χ3v) is 3.06. The van der Waals surface area contributed by atoms with Crippen molar-refractivity contribution in [2.75, 3.05) is 5.73 Å². The average molecular weight is 266 g/mol. The van der Waals surface area contributed by atoms with Crippen molar-refractivity contribution in [1.29, 1.82) is 0 Å². The van der Waals surface area contributed by atoms with E-state index < -0.39 is 11.9 Å². The van der Waals surface area contributed by atoms with Gasteiger partial charge >= 0.3 is 0 Å². The number of aliphatic hydroxyl groups excluding tert-OH is 1. The molecule has 0 heterocycles. The molecule has 4 heteroatoms. The normalized spacial score (nSPS) is 12.4. The zero-order chi connectivity index (χ0) is 13.1. The van der Waals surface area contributed by atoms with Gasteiger partial charge in [-0.3, -0.25) is 0 Å². The van der Waals surface area contributed by atoms with Crippen molar-refractivity contribution in [1.82, 2.24) is 0 Å². The summed E-state index contributed by atoms with van der Waals surface area (Å²) in [5.74, 6) is -0.478. The van der Waals surface area contributed by atoms with Gasteiger partial charge in [0, 0.05) is 12.1 Å². The number of nitrogen functional groups attached to an aromatic ring is 1. The number of hydrogen-bond donors (Lipinski definition) is 2. The van der Waals surface area contributed by atoms with E-state index in [2.05, 4.69) is 0 Å². The molecule has 0 bridgehead atoms. The second-order valence-corrected chi connectivity index (χ2v) is 4.51. The zero-order valence-corrected chi connectivity index (χ0v) is 10.4. The lowest BCUT2D eigenvalue weighted by Gasteiger charge is -2.12. The number of halogens is 2. The molecule has 0 saturated heterocycles. The topological polar surface area (TPSA) is 46.2 Å². The molecule has 0 aliphatic heterocycles. The van der Waals surface area contributed by atoms with Crippen molar-refractivity contribution in [2.24, 2.45) is 0 Å². The Labute approximate surface area is 110 Å². The van der Waals surface area contributed by atoms with Crippen LogP contribution in [0.5, 0.6) is 0 Å². The highest BCUT2D eigenvalue weighted by Gasteiger charge is 2.13. The summed E-state index contributed by atoms with van der Waals surface area (Å²) >= 11 is 5.69. The maximum Gasteiger partial charge on any atom is 0.145 e. The second kappa shape index (κ2) is 5.38. The van der Waals surface area contributed by atoms with Gasteiger partial charge in [0.25, 0.3) is 0 Å². The van der Waals surface area contributed by atoms with Gasteiger partial charge in [0.15, 0.2) is 0 Å². The molecular weight excluding hydrogens is 253 g/mol. The molecule has 2 rings (SSSR count). The quantitative estimate of drug-likeness (QED) is 0.836. The zero-order valence-electron chi connectivity index (χ0n) is 9.61. The van der Waals surface area contributed by atoms with Crippen LogP contribution in [-0.2, 0) is 6.42 Å². The molecule has 0 radical (unpaired) electrons. The highest BCUT2D eigenvalue weighted by molar-refractivity contribution is 6.30. The van der Waals surface area contributed by atoms with E-state index in [1.165, 1.54) is 6.07 Å². The van der Waals surface area contributed by atoms with Gasteiger partial charge < -0.3 is 10.8 Å². The SMILES string of the molecule is Nc1ccc(C(O)Cc2cccc(Cl)c2F)cc1. The Morgan fingerprint density at radius 2 is 1.83 bits per heavy atom. The Morgan fingerprint density at radius 1 is 1.17 bits per heavy atom. The summed E-state index contributed by atoms with van der Waals surface area (Å²) in [4.78, 5) is 0. The molecule has 3 N–H and O–H groups in total. The molecule has 1 unspecified atom stereocenters. The monoisotopic (exact) mass is 265 g/mol. The van der Waals surface area contributed by atoms with E-state index in [0.29, 0.717) is 16.8 Å². The highest BCUT2D eigenvalue weighted by atomic mass is 35.5. The summed E-state index contributed by atoms with van der Waals surface area (Å²) in [6.45, 7) is 0. The van der Waals surface area contributed by atoms with Crippen molar-refractivity contribution in [3.05, 3.63) is 64.4 Å². The highest BCUT2D eigenvalue weighted by Crippen LogP contribution is 2.24. The van der Waals surface area contributed by atoms with Crippen molar-refractivity contribution < 1.29 is 9.50 Å². The predicted octanol–water partition coefficient (Wildman–Crippen LogP) is 3.34. The van der Waals surface area contributed by atoms with Crippen LogP contribution < -0.4 is 5.73 Å². The van der Waals surface area contributed by atoms with Gasteiger partial charge in [-0.2, -0.15) is 0 Å². The number of nitrogens with two attached hydrogens (primary N) is 1. The lowest BCUT2D eigenvalue weighted by Crippen LogP contribution is -2.04. The lowest BCUT2D eigenvalue weighted by atomic mass is 10.0. The van der Waals surface area contributed by atoms with Crippen LogP contribution >= 0.6 is 11.6 Å². The fourth-order valence-electron chi connectivity index (χ4n) is 1.75. The summed E-state index contributed by atoms with van der Waals surface area (Å²) in [5.41, 5.74) is 7.28. The van der Waals surface area contributed by atoms with Crippen molar-refractivity contribution in [3.63, 3.8) is 0 Å². The smallest absolute Gasteiger partial charge is 0.145 e. The summed E-state index contributed by atoms with van der Waals surface area (Å²) in [6.07, 6.45) is -0.602. The molecular formula is C14H13ClFNO. The van der Waals surface area contributed by atoms with E-state index in [1.54, 1.807) is 36.4 Å². The van der Waals surface area contributed by atoms with E-state index in [1.807, 2.05) is 0 Å². The first-order valence-electron chi connectivity index (χ1n) is 5.54. The maximum atomic E-state index is 13.7. The van der Waals surface area contributed by atoms with Crippen LogP contribution in [-0.4, -0.2) is 5.11 Å². The average Bonchev–Trinajstić information content (AvgIpc) is 2.36. The van der Waals surface area contributed by atoms with E-state index >= 15 is 0 Å². The molecule has 2 aromatic rings. The molecule has 0 saturated carbocycles. The van der Waals surface area contributed by atoms with Crippen LogP contribution in [0.4, 0.5) is 10.1 Å². The Hall–Kier alpha value is -1.58. The predicted molar refractivity (Wildman–Crippen MR) is 70.9 cm³/mol. The Bertz CT molecular complexity index is 542. The number of benzene rings is 2. The minimum atomic E-state index is -0.779. The van der Waals surface area contributed by atoms with E-state index in [9.17, 15) is 9.50 Å². The van der Waals surface area contributed by atoms with E-state index in [-0.39, 0.29) is 11.4 Å². The molecule has 0 amide bonds. The summed E-state index contributed by atoms with van der Waals surface area (Å²) < 4.78 is 13.7. The third-order valence-electron chi connectivity index (χ3n) is 2.77. The second-order valence-electron chi connectivity index (χ2n) is 4.10. The molecule has 0 fully saturated rings. The molecule has 94 valence electrons. The first-order valence-corrected chi connectivity index (χ1v) is 5.92. The van der Waals surface area contributed by atoms with Gasteiger partial charge in [0.05, 0.1) is 11.1 Å². The fourth-order valence-corrected chi connectivity index (χ4v) is 1.94. The molecule has 0 aromatic heterocycles. The van der Waals surface area contributed by atoms with Crippen LogP contribution in [0.25, 0.3) is 0 Å². The Balaban J connectivity index is 2.18. The first kappa shape index (κ1) is 12.9. The molecule has 2 nitrogen and oxygen atoms in total. The summed E-state index contributed by atoms with van der Waals surface area (Å²) in [7, 11) is 0. The molecule has 0 spiro atoms. The van der Waals surface area contributed by atoms with Gasteiger partial charge in [-0.05, 0) is 29.3 Å². The van der Waals surface area contributed by atoms with Crippen LogP contribution in [0.1, 0.15) is 17.2 Å². The molecule has 1 atom stereocenters. The maximum absolute atomic E-state index is 13.7. The van der Waals surface area contributed by atoms with Crippen molar-refractivity contribution in [3.8, 4) is 0 Å². The van der Waals surface area contributed by atoms with Crippen molar-refractivity contribution >= 4 is 17.3 Å². The van der Waals surface area contributed by atoms with Crippen molar-refractivity contribution in [2.45, 2.75) is 12.5 Å². The number of hydrogen-bond acceptors (Lipinski definition) is 2. The molecule has 18 heavy (non-hydrogen) atoms. The van der Waals surface area contributed by atoms with Gasteiger partial charge in [0.1, 0.15) is 5.82 Å². The minimum absolute atomic E-state index is 0.0667. The van der Waals surface area contributed by atoms with Crippen LogP contribution in [0, 0.1) is 5.82 Å². The standard InChI is InChI=1S/C14H13ClFNO/c15-12-3-1-2-10(14(12)16)8-13(18)9-4-6-11(17)7-5-9/h1-7,13,18H,8,17H2. The number of anilines is 1. The van der Waals surface area contributed by atoms with Crippen LogP contribution in [0.3, 0.4) is 0 Å². The Morgan fingerprint density at radius 3 is 2.50 bits per heavy atom. The van der Waals surface area contributed by atoms with Gasteiger partial charge in [-0.1, -0.05) is 35.9 Å². The van der Waals surface area contributed by atoms with Gasteiger partial charge in [-0.15, -0.1) is 0 Å². The minimum Gasteiger partial charge on any atom is -0.399 e. The first-order chi connectivity index (χ1) is 8.58. The van der Waals surface area contributed by atoms with Crippen LogP contribution in [0.15, 0.2) is 42.5 Å². The van der Waals surface area contributed by atoms with E-state index in [4.69, 9.17) is 17.3 Å². The third kappa shape index (κ3) is 2.81. The summed E-state index contributed by atoms with van der Waals surface area (Å²) in [6, 6.07) is 11.6. The molecule has 2 aromatic carbocycles. The summed E-state index contributed by atoms with van der Waals surface area (Å²) in [5, 5.41) is 10.1. The lowest BCUT2D eigenvalue weighted by molar-refractivity contribution is 0.177. The van der Waals surface area contributed by atoms with Gasteiger partial charge in [-0.25, -0.2) is 4.39 Å². The van der Waals surface area contributed by atoms with E-state index in [0.717, 1.165) is 0 Å². The number of aliphatic hydroxyl groups is 1. The fraction of sp³-hybridized carbons (Fsp3) is 0.143.